The van der Waals surface area contributed by atoms with Gasteiger partial charge in [-0.3, -0.25) is 4.79 Å². The van der Waals surface area contributed by atoms with Crippen molar-refractivity contribution < 1.29 is 14.4 Å². The van der Waals surface area contributed by atoms with E-state index in [4.69, 9.17) is 10.3 Å². The van der Waals surface area contributed by atoms with E-state index in [1.165, 1.54) is 0 Å². The molecule has 5 aromatic rings. The monoisotopic (exact) mass is 453 g/mol. The van der Waals surface area contributed by atoms with Crippen molar-refractivity contribution in [3.8, 4) is 11.1 Å². The summed E-state index contributed by atoms with van der Waals surface area (Å²) in [6.07, 6.45) is 1.45. The van der Waals surface area contributed by atoms with Gasteiger partial charge in [-0.2, -0.15) is 0 Å². The first kappa shape index (κ1) is 21.9. The van der Waals surface area contributed by atoms with Gasteiger partial charge in [-0.1, -0.05) is 41.6 Å². The third-order valence-corrected chi connectivity index (χ3v) is 6.42. The maximum Gasteiger partial charge on any atom is 0.249 e. The zero-order valence-electron chi connectivity index (χ0n) is 19.3. The lowest BCUT2D eigenvalue weighted by Crippen LogP contribution is -2.12. The number of primary amides is 1. The number of carbonyl (C=O) groups is 1. The van der Waals surface area contributed by atoms with Crippen LogP contribution in [0.15, 0.2) is 65.2 Å². The highest BCUT2D eigenvalue weighted by Gasteiger charge is 2.21. The lowest BCUT2D eigenvalue weighted by molar-refractivity contribution is 0.100. The fourth-order valence-corrected chi connectivity index (χ4v) is 4.88. The number of rotatable bonds is 7. The molecule has 0 aliphatic rings. The number of aromatic nitrogens is 2. The van der Waals surface area contributed by atoms with Crippen molar-refractivity contribution in [1.29, 1.82) is 0 Å². The number of carbonyl (C=O) groups excluding carboxylic acids is 1. The summed E-state index contributed by atoms with van der Waals surface area (Å²) in [5.41, 5.74) is 13.2. The van der Waals surface area contributed by atoms with E-state index in [0.29, 0.717) is 24.3 Å². The van der Waals surface area contributed by atoms with Crippen LogP contribution in [-0.2, 0) is 13.0 Å². The van der Waals surface area contributed by atoms with Gasteiger partial charge >= 0.3 is 0 Å². The number of aryl methyl sites for hydroxylation is 3. The molecule has 5 rings (SSSR count). The molecule has 0 radical (unpaired) electrons. The summed E-state index contributed by atoms with van der Waals surface area (Å²) in [7, 11) is 0. The summed E-state index contributed by atoms with van der Waals surface area (Å²) in [4.78, 5) is 12.7. The van der Waals surface area contributed by atoms with Crippen molar-refractivity contribution in [2.45, 2.75) is 33.2 Å². The average molecular weight is 454 g/mol. The van der Waals surface area contributed by atoms with Crippen LogP contribution in [0.1, 0.15) is 39.4 Å². The van der Waals surface area contributed by atoms with Crippen molar-refractivity contribution in [3.05, 3.63) is 88.8 Å². The summed E-state index contributed by atoms with van der Waals surface area (Å²) < 4.78 is 7.65. The van der Waals surface area contributed by atoms with E-state index in [1.807, 2.05) is 38.1 Å². The topological polar surface area (TPSA) is 94.3 Å². The fourth-order valence-electron chi connectivity index (χ4n) is 4.88. The minimum atomic E-state index is -0.474. The second kappa shape index (κ2) is 8.80. The van der Waals surface area contributed by atoms with E-state index in [1.54, 1.807) is 0 Å². The largest absolute Gasteiger partial charge is 0.396 e. The predicted molar refractivity (Wildman–Crippen MR) is 134 cm³/mol. The molecule has 6 heteroatoms. The van der Waals surface area contributed by atoms with Crippen molar-refractivity contribution >= 4 is 27.7 Å². The molecule has 0 saturated heterocycles. The highest BCUT2D eigenvalue weighted by Crippen LogP contribution is 2.38. The molecule has 2 heterocycles. The third-order valence-electron chi connectivity index (χ3n) is 6.42. The third kappa shape index (κ3) is 3.76. The van der Waals surface area contributed by atoms with Crippen molar-refractivity contribution in [3.63, 3.8) is 0 Å². The fraction of sp³-hybridized carbons (Fsp3) is 0.214. The molecule has 0 saturated carbocycles. The number of hydrogen-bond donors (Lipinski definition) is 2. The summed E-state index contributed by atoms with van der Waals surface area (Å²) in [6, 6.07) is 20.5. The molecule has 6 nitrogen and oxygen atoms in total. The molecule has 0 atom stereocenters. The molecule has 0 fully saturated rings. The van der Waals surface area contributed by atoms with Crippen molar-refractivity contribution in [2.24, 2.45) is 5.73 Å². The Morgan fingerprint density at radius 1 is 1.03 bits per heavy atom. The number of amides is 1. The predicted octanol–water partition coefficient (Wildman–Crippen LogP) is 5.14. The normalized spacial score (nSPS) is 11.5. The van der Waals surface area contributed by atoms with Crippen LogP contribution in [0, 0.1) is 13.8 Å². The maximum atomic E-state index is 12.7. The molecule has 3 aromatic carbocycles. The van der Waals surface area contributed by atoms with E-state index >= 15 is 0 Å². The number of nitrogens with two attached hydrogens (primary N) is 1. The smallest absolute Gasteiger partial charge is 0.249 e. The Morgan fingerprint density at radius 3 is 2.50 bits per heavy atom. The Labute approximate surface area is 197 Å². The standard InChI is InChI=1S/C28H27N3O3/c1-17-26(18(2)34-30-17)21-14-23(28(29)33)27-22-13-19(9-6-12-32)10-11-24(22)31(25(27)15-21)16-20-7-4-3-5-8-20/h3-5,7-8,10-11,13-15,32H,6,9,12,16H2,1-2H3,(H2,29,33). The summed E-state index contributed by atoms with van der Waals surface area (Å²) in [5.74, 6) is 0.224. The van der Waals surface area contributed by atoms with Gasteiger partial charge in [-0.15, -0.1) is 0 Å². The maximum absolute atomic E-state index is 12.7. The van der Waals surface area contributed by atoms with Gasteiger partial charge in [0.05, 0.1) is 11.2 Å². The van der Waals surface area contributed by atoms with Gasteiger partial charge in [0.2, 0.25) is 5.91 Å². The second-order valence-electron chi connectivity index (χ2n) is 8.73. The summed E-state index contributed by atoms with van der Waals surface area (Å²) >= 11 is 0. The number of aliphatic hydroxyl groups excluding tert-OH is 1. The van der Waals surface area contributed by atoms with Gasteiger partial charge in [0.15, 0.2) is 0 Å². The first-order valence-electron chi connectivity index (χ1n) is 11.4. The van der Waals surface area contributed by atoms with Gasteiger partial charge in [-0.05, 0) is 67.6 Å². The van der Waals surface area contributed by atoms with Crippen molar-refractivity contribution in [1.82, 2.24) is 9.72 Å². The Bertz CT molecular complexity index is 1490. The van der Waals surface area contributed by atoms with Crippen LogP contribution in [-0.4, -0.2) is 27.3 Å². The van der Waals surface area contributed by atoms with Crippen LogP contribution in [0.3, 0.4) is 0 Å². The molecular formula is C28H27N3O3. The molecule has 0 unspecified atom stereocenters. The molecule has 3 N–H and O–H groups in total. The Hall–Kier alpha value is -3.90. The summed E-state index contributed by atoms with van der Waals surface area (Å²) in [6.45, 7) is 4.56. The van der Waals surface area contributed by atoms with Gasteiger partial charge in [0, 0.05) is 40.6 Å². The molecule has 0 aliphatic heterocycles. The molecule has 1 amide bonds. The molecule has 172 valence electrons. The minimum absolute atomic E-state index is 0.140. The highest BCUT2D eigenvalue weighted by molar-refractivity contribution is 6.19. The lowest BCUT2D eigenvalue weighted by atomic mass is 9.96. The number of hydrogen-bond acceptors (Lipinski definition) is 4. The Balaban J connectivity index is 1.85. The Kier molecular flexibility index (Phi) is 5.67. The molecule has 0 spiro atoms. The number of nitrogens with zero attached hydrogens (tertiary/aromatic N) is 2. The van der Waals surface area contributed by atoms with E-state index in [2.05, 4.69) is 46.1 Å². The van der Waals surface area contributed by atoms with Crippen LogP contribution < -0.4 is 5.73 Å². The number of benzene rings is 3. The van der Waals surface area contributed by atoms with Crippen molar-refractivity contribution in [2.75, 3.05) is 6.61 Å². The van der Waals surface area contributed by atoms with Crippen LogP contribution >= 0.6 is 0 Å². The second-order valence-corrected chi connectivity index (χ2v) is 8.73. The van der Waals surface area contributed by atoms with E-state index in [-0.39, 0.29) is 6.61 Å². The van der Waals surface area contributed by atoms with Gasteiger partial charge in [0.25, 0.3) is 0 Å². The van der Waals surface area contributed by atoms with E-state index in [9.17, 15) is 9.90 Å². The van der Waals surface area contributed by atoms with Crippen LogP contribution in [0.4, 0.5) is 0 Å². The zero-order chi connectivity index (χ0) is 23.8. The lowest BCUT2D eigenvalue weighted by Gasteiger charge is -2.10. The Morgan fingerprint density at radius 2 is 1.82 bits per heavy atom. The number of aliphatic hydroxyl groups is 1. The highest BCUT2D eigenvalue weighted by atomic mass is 16.5. The van der Waals surface area contributed by atoms with Gasteiger partial charge < -0.3 is 19.9 Å². The molecule has 0 aliphatic carbocycles. The minimum Gasteiger partial charge on any atom is -0.396 e. The quantitative estimate of drug-likeness (QED) is 0.357. The van der Waals surface area contributed by atoms with E-state index in [0.717, 1.165) is 56.2 Å². The summed E-state index contributed by atoms with van der Waals surface area (Å²) in [5, 5.41) is 15.2. The first-order chi connectivity index (χ1) is 16.5. The van der Waals surface area contributed by atoms with Gasteiger partial charge in [-0.25, -0.2) is 0 Å². The molecule has 0 bridgehead atoms. The number of fused-ring (bicyclic) bond motifs is 3. The van der Waals surface area contributed by atoms with Gasteiger partial charge in [0.1, 0.15) is 5.76 Å². The van der Waals surface area contributed by atoms with Crippen LogP contribution in [0.2, 0.25) is 0 Å². The molecular weight excluding hydrogens is 426 g/mol. The average Bonchev–Trinajstić information content (AvgIpc) is 3.33. The molecule has 34 heavy (non-hydrogen) atoms. The zero-order valence-corrected chi connectivity index (χ0v) is 19.3. The van der Waals surface area contributed by atoms with Crippen LogP contribution in [0.5, 0.6) is 0 Å². The van der Waals surface area contributed by atoms with Crippen LogP contribution in [0.25, 0.3) is 32.9 Å². The van der Waals surface area contributed by atoms with E-state index < -0.39 is 5.91 Å². The molecule has 2 aromatic heterocycles. The first-order valence-corrected chi connectivity index (χ1v) is 11.4. The SMILES string of the molecule is Cc1noc(C)c1-c1cc(C(N)=O)c2c3cc(CCCO)ccc3n(Cc3ccccc3)c2c1.